The van der Waals surface area contributed by atoms with Crippen LogP contribution in [-0.4, -0.2) is 56.5 Å². The Morgan fingerprint density at radius 1 is 1.36 bits per heavy atom. The van der Waals surface area contributed by atoms with E-state index in [1.807, 2.05) is 0 Å². The molecule has 1 aromatic carbocycles. The fourth-order valence-electron chi connectivity index (χ4n) is 0.821. The topological polar surface area (TPSA) is 53.0 Å². The van der Waals surface area contributed by atoms with Gasteiger partial charge in [0.25, 0.3) is 0 Å². The van der Waals surface area contributed by atoms with Crippen LogP contribution >= 0.6 is 0 Å². The van der Waals surface area contributed by atoms with Crippen molar-refractivity contribution >= 4 is 62.4 Å². The zero-order valence-corrected chi connectivity index (χ0v) is 5.02. The molecule has 0 radical (unpaired) electrons. The summed E-state index contributed by atoms with van der Waals surface area (Å²) in [6.07, 6.45) is 0. The summed E-state index contributed by atoms with van der Waals surface area (Å²) in [6.45, 7) is 0. The van der Waals surface area contributed by atoms with Gasteiger partial charge in [0.2, 0.25) is 11.0 Å². The molecule has 0 bridgehead atoms. The molecule has 0 amide bonds. The van der Waals surface area contributed by atoms with E-state index >= 15 is 0 Å². The van der Waals surface area contributed by atoms with Crippen molar-refractivity contribution in [2.75, 3.05) is 0 Å². The number of nitrogens with zero attached hydrogens (tertiary/aromatic N) is 2. The molecule has 0 spiro atoms. The van der Waals surface area contributed by atoms with Gasteiger partial charge in [0.05, 0.1) is 0 Å². The minimum Gasteiger partial charge on any atom is -0.359 e. The van der Waals surface area contributed by atoms with E-state index in [9.17, 15) is 5.21 Å². The van der Waals surface area contributed by atoms with E-state index in [0.29, 0.717) is 15.9 Å². The average molecular weight is 176 g/mol. The largest absolute Gasteiger partial charge is 0.359 e. The normalized spacial score (nSPS) is 9.45. The third-order valence-corrected chi connectivity index (χ3v) is 1.29. The molecule has 0 aliphatic heterocycles. The summed E-state index contributed by atoms with van der Waals surface area (Å²) in [5, 5.41) is 14.2. The number of para-hydroxylation sites is 1. The Labute approximate surface area is 105 Å². The van der Waals surface area contributed by atoms with E-state index in [0.717, 1.165) is 0 Å². The third-order valence-electron chi connectivity index (χ3n) is 1.29. The summed E-state index contributed by atoms with van der Waals surface area (Å²) in [5.41, 5.74) is 1.04. The molecule has 0 N–H and O–H groups in total. The predicted molar refractivity (Wildman–Crippen MR) is 40.1 cm³/mol. The van der Waals surface area contributed by atoms with Crippen molar-refractivity contribution in [1.29, 1.82) is 0 Å². The van der Waals surface area contributed by atoms with Crippen molar-refractivity contribution in [3.8, 4) is 0 Å². The summed E-state index contributed by atoms with van der Waals surface area (Å²) in [6, 6.07) is 6.92. The Bertz CT molecular complexity index is 360. The van der Waals surface area contributed by atoms with Crippen LogP contribution in [0.4, 0.5) is 0 Å². The standard InChI is InChI=1S/C6H4N2O2.K.H/c9-8-6-4-2-1-3-5(6)7-10-8;;/h1-4H;;. The molecule has 2 aromatic rings. The van der Waals surface area contributed by atoms with Crippen molar-refractivity contribution in [3.63, 3.8) is 0 Å². The van der Waals surface area contributed by atoms with Crippen LogP contribution in [0.25, 0.3) is 11.0 Å². The molecular formula is C6H5KN2O2. The SMILES string of the molecule is [KH].[O-][n+]1onc2ccccc21. The van der Waals surface area contributed by atoms with E-state index < -0.39 is 0 Å². The Morgan fingerprint density at radius 2 is 2.09 bits per heavy atom. The van der Waals surface area contributed by atoms with E-state index in [1.54, 1.807) is 24.3 Å². The van der Waals surface area contributed by atoms with Gasteiger partial charge in [0.15, 0.2) is 0 Å². The second-order valence-corrected chi connectivity index (χ2v) is 1.92. The van der Waals surface area contributed by atoms with Gasteiger partial charge >= 0.3 is 51.4 Å². The molecule has 0 aliphatic carbocycles. The van der Waals surface area contributed by atoms with Crippen molar-refractivity contribution in [3.05, 3.63) is 29.5 Å². The van der Waals surface area contributed by atoms with Crippen molar-refractivity contribution in [2.45, 2.75) is 0 Å². The van der Waals surface area contributed by atoms with Crippen LogP contribution in [0.5, 0.6) is 0 Å². The molecule has 5 heteroatoms. The minimum absolute atomic E-state index is 0. The maximum atomic E-state index is 10.7. The molecular weight excluding hydrogens is 171 g/mol. The van der Waals surface area contributed by atoms with Gasteiger partial charge in [-0.15, -0.1) is 0 Å². The van der Waals surface area contributed by atoms with Gasteiger partial charge in [-0.05, 0) is 17.0 Å². The Hall–Kier alpha value is 0.0564. The minimum atomic E-state index is 0. The first kappa shape index (κ1) is 9.15. The third kappa shape index (κ3) is 1.62. The molecule has 0 saturated carbocycles. The van der Waals surface area contributed by atoms with Gasteiger partial charge in [-0.1, -0.05) is 12.1 Å². The summed E-state index contributed by atoms with van der Waals surface area (Å²) >= 11 is 0. The molecule has 0 saturated heterocycles. The first-order valence-corrected chi connectivity index (χ1v) is 2.82. The Kier molecular flexibility index (Phi) is 3.03. The van der Waals surface area contributed by atoms with Gasteiger partial charge in [-0.25, -0.2) is 0 Å². The second-order valence-electron chi connectivity index (χ2n) is 1.92. The zero-order valence-electron chi connectivity index (χ0n) is 5.02. The monoisotopic (exact) mass is 176 g/mol. The van der Waals surface area contributed by atoms with Crippen LogP contribution in [0.15, 0.2) is 28.9 Å². The van der Waals surface area contributed by atoms with E-state index in [4.69, 9.17) is 0 Å². The van der Waals surface area contributed by atoms with E-state index in [-0.39, 0.29) is 51.4 Å². The zero-order chi connectivity index (χ0) is 6.97. The van der Waals surface area contributed by atoms with Crippen LogP contribution < -0.4 is 4.90 Å². The molecule has 52 valence electrons. The average Bonchev–Trinajstić information content (AvgIpc) is 2.34. The fraction of sp³-hybridized carbons (Fsp3) is 0. The summed E-state index contributed by atoms with van der Waals surface area (Å²) in [4.78, 5) is 0.384. The van der Waals surface area contributed by atoms with E-state index in [1.165, 1.54) is 0 Å². The van der Waals surface area contributed by atoms with Gasteiger partial charge in [0.1, 0.15) is 0 Å². The van der Waals surface area contributed by atoms with Gasteiger partial charge in [-0.3, -0.25) is 4.63 Å². The van der Waals surface area contributed by atoms with Gasteiger partial charge < -0.3 is 5.21 Å². The first-order chi connectivity index (χ1) is 4.88. The molecule has 1 aromatic heterocycles. The first-order valence-electron chi connectivity index (χ1n) is 2.82. The van der Waals surface area contributed by atoms with Crippen LogP contribution in [0.3, 0.4) is 0 Å². The quantitative estimate of drug-likeness (QED) is 0.413. The number of hydrogen-bond donors (Lipinski definition) is 0. The maximum absolute atomic E-state index is 10.7. The number of rotatable bonds is 0. The Morgan fingerprint density at radius 3 is 2.82 bits per heavy atom. The second kappa shape index (κ2) is 3.64. The number of hydrogen-bond acceptors (Lipinski definition) is 3. The van der Waals surface area contributed by atoms with Crippen molar-refractivity contribution in [1.82, 2.24) is 5.16 Å². The van der Waals surface area contributed by atoms with Crippen molar-refractivity contribution < 1.29 is 9.53 Å². The summed E-state index contributed by atoms with van der Waals surface area (Å²) in [5.74, 6) is 0. The van der Waals surface area contributed by atoms with Crippen LogP contribution in [0.2, 0.25) is 0 Å². The van der Waals surface area contributed by atoms with Crippen LogP contribution in [0.1, 0.15) is 0 Å². The molecule has 0 aliphatic rings. The van der Waals surface area contributed by atoms with E-state index in [2.05, 4.69) is 9.79 Å². The van der Waals surface area contributed by atoms with Crippen molar-refractivity contribution in [2.24, 2.45) is 0 Å². The predicted octanol–water partition coefficient (Wildman–Crippen LogP) is -0.187. The molecule has 0 atom stereocenters. The molecule has 11 heavy (non-hydrogen) atoms. The molecule has 1 heterocycles. The molecule has 0 fully saturated rings. The maximum Gasteiger partial charge on any atom is 0.248 e. The fourth-order valence-corrected chi connectivity index (χ4v) is 0.821. The van der Waals surface area contributed by atoms with Crippen LogP contribution in [0, 0.1) is 5.21 Å². The number of fused-ring (bicyclic) bond motifs is 1. The van der Waals surface area contributed by atoms with Gasteiger partial charge in [-0.2, -0.15) is 0 Å². The van der Waals surface area contributed by atoms with Crippen LogP contribution in [-0.2, 0) is 0 Å². The molecule has 0 unspecified atom stereocenters. The number of benzene rings is 1. The van der Waals surface area contributed by atoms with Gasteiger partial charge in [0, 0.05) is 5.16 Å². The number of aromatic nitrogens is 2. The summed E-state index contributed by atoms with van der Waals surface area (Å²) < 4.78 is 4.33. The molecule has 2 rings (SSSR count). The molecule has 4 nitrogen and oxygen atoms in total. The smallest absolute Gasteiger partial charge is 0.248 e. The Balaban J connectivity index is 0.000000605. The summed E-state index contributed by atoms with van der Waals surface area (Å²) in [7, 11) is 0.